The minimum absolute atomic E-state index is 0.212. The molecule has 0 unspecified atom stereocenters. The normalized spacial score (nSPS) is 15.5. The van der Waals surface area contributed by atoms with Crippen molar-refractivity contribution in [1.29, 1.82) is 0 Å². The molecule has 0 saturated carbocycles. The number of methoxy groups -OCH3 is 1. The number of carbonyl (C=O) groups excluding carboxylic acids is 1. The van der Waals surface area contributed by atoms with Crippen molar-refractivity contribution in [2.75, 3.05) is 7.11 Å². The third-order valence-corrected chi connectivity index (χ3v) is 6.70. The van der Waals surface area contributed by atoms with E-state index in [4.69, 9.17) is 21.1 Å². The lowest BCUT2D eigenvalue weighted by atomic mass is 10.1. The number of para-hydroxylation sites is 1. The van der Waals surface area contributed by atoms with E-state index in [1.165, 1.54) is 17.1 Å². The van der Waals surface area contributed by atoms with Crippen LogP contribution in [0.2, 0.25) is 5.02 Å². The van der Waals surface area contributed by atoms with Crippen molar-refractivity contribution in [2.24, 2.45) is 4.99 Å². The van der Waals surface area contributed by atoms with E-state index < -0.39 is 0 Å². The lowest BCUT2D eigenvalue weighted by Gasteiger charge is -2.13. The summed E-state index contributed by atoms with van der Waals surface area (Å²) in [4.78, 5) is 17.5. The van der Waals surface area contributed by atoms with E-state index in [1.807, 2.05) is 48.5 Å². The van der Waals surface area contributed by atoms with Crippen molar-refractivity contribution in [1.82, 2.24) is 5.32 Å². The number of benzene rings is 4. The smallest absolute Gasteiger partial charge is 0.264 e. The number of aliphatic imine (C=N–C) groups is 1. The van der Waals surface area contributed by atoms with E-state index in [-0.39, 0.29) is 5.91 Å². The topological polar surface area (TPSA) is 59.9 Å². The van der Waals surface area contributed by atoms with Crippen molar-refractivity contribution in [3.8, 4) is 11.5 Å². The molecular weight excluding hydrogens is 480 g/mol. The lowest BCUT2D eigenvalue weighted by Crippen LogP contribution is -2.19. The van der Waals surface area contributed by atoms with Crippen molar-refractivity contribution in [2.45, 2.75) is 6.61 Å². The standard InChI is InChI=1S/C28H21ClN2O3S/c1-33-25-15-18(16-26-27(32)31-28(35-26)30-23-12-5-4-11-22(23)29)13-14-24(25)34-17-20-9-6-8-19-7-2-3-10-21(19)20/h2-16H,17H2,1H3,(H,30,31,32)/b26-16+. The molecule has 4 aromatic carbocycles. The number of amidine groups is 1. The van der Waals surface area contributed by atoms with E-state index in [2.05, 4.69) is 34.6 Å². The zero-order valence-corrected chi connectivity index (χ0v) is 20.4. The molecule has 0 aliphatic carbocycles. The Labute approximate surface area is 212 Å². The van der Waals surface area contributed by atoms with Crippen LogP contribution in [0.3, 0.4) is 0 Å². The molecule has 0 atom stereocenters. The number of nitrogens with zero attached hydrogens (tertiary/aromatic N) is 1. The molecule has 0 aromatic heterocycles. The van der Waals surface area contributed by atoms with Crippen LogP contribution in [-0.4, -0.2) is 18.2 Å². The fraction of sp³-hybridized carbons (Fsp3) is 0.0714. The van der Waals surface area contributed by atoms with E-state index in [0.717, 1.165) is 16.5 Å². The Kier molecular flexibility index (Phi) is 6.75. The number of halogens is 1. The number of carbonyl (C=O) groups is 1. The average molecular weight is 501 g/mol. The van der Waals surface area contributed by atoms with Crippen LogP contribution >= 0.6 is 23.4 Å². The van der Waals surface area contributed by atoms with Crippen molar-refractivity contribution in [3.63, 3.8) is 0 Å². The summed E-state index contributed by atoms with van der Waals surface area (Å²) >= 11 is 7.44. The number of amides is 1. The van der Waals surface area contributed by atoms with Gasteiger partial charge in [0.1, 0.15) is 6.61 Å². The second-order valence-corrected chi connectivity index (χ2v) is 9.21. The lowest BCUT2D eigenvalue weighted by molar-refractivity contribution is -0.115. The Bertz CT molecular complexity index is 1480. The highest BCUT2D eigenvalue weighted by molar-refractivity contribution is 8.18. The molecule has 5 nitrogen and oxygen atoms in total. The van der Waals surface area contributed by atoms with Crippen LogP contribution in [0.4, 0.5) is 5.69 Å². The fourth-order valence-electron chi connectivity index (χ4n) is 3.75. The predicted molar refractivity (Wildman–Crippen MR) is 144 cm³/mol. The monoisotopic (exact) mass is 500 g/mol. The van der Waals surface area contributed by atoms with Crippen LogP contribution in [-0.2, 0) is 11.4 Å². The van der Waals surface area contributed by atoms with Gasteiger partial charge < -0.3 is 14.8 Å². The average Bonchev–Trinajstić information content (AvgIpc) is 3.22. The van der Waals surface area contributed by atoms with E-state index in [0.29, 0.717) is 38.9 Å². The van der Waals surface area contributed by atoms with Gasteiger partial charge in [0.15, 0.2) is 16.7 Å². The molecule has 5 rings (SSSR count). The Morgan fingerprint density at radius 1 is 0.971 bits per heavy atom. The molecule has 1 aliphatic heterocycles. The number of thioether (sulfide) groups is 1. The Balaban J connectivity index is 1.33. The van der Waals surface area contributed by atoms with Gasteiger partial charge >= 0.3 is 0 Å². The highest BCUT2D eigenvalue weighted by atomic mass is 35.5. The highest BCUT2D eigenvalue weighted by Gasteiger charge is 2.24. The Morgan fingerprint density at radius 2 is 1.77 bits per heavy atom. The van der Waals surface area contributed by atoms with E-state index in [9.17, 15) is 4.79 Å². The van der Waals surface area contributed by atoms with E-state index in [1.54, 1.807) is 25.3 Å². The summed E-state index contributed by atoms with van der Waals surface area (Å²) in [5.41, 5.74) is 2.52. The van der Waals surface area contributed by atoms with Crippen LogP contribution < -0.4 is 14.8 Å². The number of hydrogen-bond donors (Lipinski definition) is 1. The third kappa shape index (κ3) is 5.19. The molecule has 0 bridgehead atoms. The second-order valence-electron chi connectivity index (χ2n) is 7.77. The zero-order valence-electron chi connectivity index (χ0n) is 18.8. The van der Waals surface area contributed by atoms with Gasteiger partial charge in [0, 0.05) is 0 Å². The van der Waals surface area contributed by atoms with Gasteiger partial charge in [-0.15, -0.1) is 0 Å². The highest BCUT2D eigenvalue weighted by Crippen LogP contribution is 2.34. The van der Waals surface area contributed by atoms with Crippen LogP contribution in [0.15, 0.2) is 94.8 Å². The SMILES string of the molecule is COc1cc(/C=C2/SC(=Nc3ccccc3Cl)NC2=O)ccc1OCc1cccc2ccccc12. The maximum Gasteiger partial charge on any atom is 0.264 e. The Hall–Kier alpha value is -3.74. The van der Waals surface area contributed by atoms with Gasteiger partial charge in [-0.25, -0.2) is 4.99 Å². The van der Waals surface area contributed by atoms with Gasteiger partial charge in [0.2, 0.25) is 0 Å². The van der Waals surface area contributed by atoms with Crippen LogP contribution in [0, 0.1) is 0 Å². The first-order chi connectivity index (χ1) is 17.1. The molecule has 35 heavy (non-hydrogen) atoms. The molecule has 1 heterocycles. The zero-order chi connectivity index (χ0) is 24.2. The van der Waals surface area contributed by atoms with Gasteiger partial charge in [-0.05, 0) is 64.0 Å². The number of rotatable bonds is 6. The van der Waals surface area contributed by atoms with E-state index >= 15 is 0 Å². The fourth-order valence-corrected chi connectivity index (χ4v) is 4.76. The maximum atomic E-state index is 12.5. The molecule has 1 N–H and O–H groups in total. The van der Waals surface area contributed by atoms with Crippen LogP contribution in [0.5, 0.6) is 11.5 Å². The molecule has 7 heteroatoms. The first-order valence-corrected chi connectivity index (χ1v) is 12.1. The van der Waals surface area contributed by atoms with Gasteiger partial charge in [0.05, 0.1) is 22.7 Å². The number of fused-ring (bicyclic) bond motifs is 1. The molecule has 1 saturated heterocycles. The van der Waals surface area contributed by atoms with Gasteiger partial charge in [-0.3, -0.25) is 4.79 Å². The van der Waals surface area contributed by atoms with Crippen molar-refractivity contribution >= 4 is 57.0 Å². The summed E-state index contributed by atoms with van der Waals surface area (Å²) in [6.45, 7) is 0.415. The first kappa shape index (κ1) is 23.0. The first-order valence-electron chi connectivity index (χ1n) is 10.9. The summed E-state index contributed by atoms with van der Waals surface area (Å²) in [7, 11) is 1.60. The molecule has 1 aliphatic rings. The molecule has 174 valence electrons. The summed E-state index contributed by atoms with van der Waals surface area (Å²) in [6.07, 6.45) is 1.80. The van der Waals surface area contributed by atoms with Crippen LogP contribution in [0.1, 0.15) is 11.1 Å². The minimum Gasteiger partial charge on any atom is -0.493 e. The second kappa shape index (κ2) is 10.3. The minimum atomic E-state index is -0.212. The molecule has 0 spiro atoms. The van der Waals surface area contributed by atoms with Gasteiger partial charge in [0.25, 0.3) is 5.91 Å². The maximum absolute atomic E-state index is 12.5. The summed E-state index contributed by atoms with van der Waals surface area (Å²) in [6, 6.07) is 27.2. The molecule has 1 amide bonds. The number of hydrogen-bond acceptors (Lipinski definition) is 5. The molecular formula is C28H21ClN2O3S. The Morgan fingerprint density at radius 3 is 2.63 bits per heavy atom. The molecule has 0 radical (unpaired) electrons. The number of ether oxygens (including phenoxy) is 2. The predicted octanol–water partition coefficient (Wildman–Crippen LogP) is 6.97. The summed E-state index contributed by atoms with van der Waals surface area (Å²) in [5, 5.41) is 6.13. The van der Waals surface area contributed by atoms with Crippen molar-refractivity contribution < 1.29 is 14.3 Å². The molecule has 4 aromatic rings. The summed E-state index contributed by atoms with van der Waals surface area (Å²) in [5.74, 6) is 1.01. The largest absolute Gasteiger partial charge is 0.493 e. The summed E-state index contributed by atoms with van der Waals surface area (Å²) < 4.78 is 11.7. The molecule has 1 fully saturated rings. The van der Waals surface area contributed by atoms with Crippen LogP contribution in [0.25, 0.3) is 16.8 Å². The quantitative estimate of drug-likeness (QED) is 0.290. The van der Waals surface area contributed by atoms with Crippen molar-refractivity contribution in [3.05, 3.63) is 106 Å². The number of nitrogens with one attached hydrogen (secondary N) is 1. The van der Waals surface area contributed by atoms with Gasteiger partial charge in [-0.2, -0.15) is 0 Å². The van der Waals surface area contributed by atoms with Gasteiger partial charge in [-0.1, -0.05) is 72.3 Å². The third-order valence-electron chi connectivity index (χ3n) is 5.47.